The Balaban J connectivity index is 1.34. The van der Waals surface area contributed by atoms with E-state index in [1.165, 1.54) is 33.3 Å². The molecule has 0 aliphatic carbocycles. The van der Waals surface area contributed by atoms with Crippen LogP contribution in [0, 0.1) is 0 Å². The van der Waals surface area contributed by atoms with Gasteiger partial charge in [0.25, 0.3) is 0 Å². The number of benzene rings is 3. The number of aromatic amines is 1. The molecule has 0 spiro atoms. The van der Waals surface area contributed by atoms with Gasteiger partial charge in [-0.2, -0.15) is 0 Å². The van der Waals surface area contributed by atoms with E-state index in [1.807, 2.05) is 12.1 Å². The Morgan fingerprint density at radius 2 is 1.91 bits per heavy atom. The maximum absolute atomic E-state index is 6.26. The number of halogens is 1. The Morgan fingerprint density at radius 3 is 2.75 bits per heavy atom. The first kappa shape index (κ1) is 19.9. The molecule has 1 aromatic heterocycles. The highest BCUT2D eigenvalue weighted by molar-refractivity contribution is 9.10. The number of fused-ring (bicyclic) bond motifs is 6. The van der Waals surface area contributed by atoms with Crippen LogP contribution in [0.2, 0.25) is 0 Å². The minimum atomic E-state index is 0.367. The smallest absolute Gasteiger partial charge is 0.162 e. The normalized spacial score (nSPS) is 17.5. The highest BCUT2D eigenvalue weighted by Gasteiger charge is 2.34. The lowest BCUT2D eigenvalue weighted by atomic mass is 9.85. The standard InChI is InChI=1S/C27H25BrN2O2/c1-31-26-12-18-10-11-30-15-24-22(20-4-2-3-5-23(20)29-24)13-25(30)21(18)14-27(26)32-16-17-6-8-19(28)9-7-17/h2-9,12,14,25,29H,10-11,13,15-16H2,1H3. The van der Waals surface area contributed by atoms with E-state index in [2.05, 4.69) is 74.3 Å². The molecule has 2 aliphatic rings. The van der Waals surface area contributed by atoms with Crippen LogP contribution < -0.4 is 9.47 Å². The van der Waals surface area contributed by atoms with Crippen LogP contribution in [0.4, 0.5) is 0 Å². The Morgan fingerprint density at radius 1 is 1.06 bits per heavy atom. The summed E-state index contributed by atoms with van der Waals surface area (Å²) in [5.74, 6) is 1.64. The number of rotatable bonds is 4. The number of H-pyrrole nitrogens is 1. The van der Waals surface area contributed by atoms with Crippen LogP contribution in [0.15, 0.2) is 65.1 Å². The molecule has 0 radical (unpaired) electrons. The third-order valence-corrected chi connectivity index (χ3v) is 7.39. The van der Waals surface area contributed by atoms with Gasteiger partial charge >= 0.3 is 0 Å². The van der Waals surface area contributed by atoms with Crippen LogP contribution in [-0.4, -0.2) is 23.5 Å². The SMILES string of the molecule is COc1cc2c(cc1OCc1ccc(Br)cc1)C1Cc3c([nH]c4ccccc34)CN1CC2. The third kappa shape index (κ3) is 3.40. The summed E-state index contributed by atoms with van der Waals surface area (Å²) in [5, 5.41) is 1.36. The number of nitrogens with one attached hydrogen (secondary N) is 1. The molecular weight excluding hydrogens is 464 g/mol. The molecule has 0 saturated heterocycles. The summed E-state index contributed by atoms with van der Waals surface area (Å²) in [6, 6.07) is 21.7. The summed E-state index contributed by atoms with van der Waals surface area (Å²) in [6.45, 7) is 2.55. The van der Waals surface area contributed by atoms with E-state index >= 15 is 0 Å². The quantitative estimate of drug-likeness (QED) is 0.373. The lowest BCUT2D eigenvalue weighted by Crippen LogP contribution is -2.39. The largest absolute Gasteiger partial charge is 0.493 e. The van der Waals surface area contributed by atoms with E-state index in [4.69, 9.17) is 9.47 Å². The monoisotopic (exact) mass is 488 g/mol. The number of para-hydroxylation sites is 1. The van der Waals surface area contributed by atoms with Gasteiger partial charge in [-0.15, -0.1) is 0 Å². The van der Waals surface area contributed by atoms with Gasteiger partial charge in [-0.3, -0.25) is 4.90 Å². The Bertz CT molecular complexity index is 1300. The molecule has 5 heteroatoms. The highest BCUT2D eigenvalue weighted by atomic mass is 79.9. The van der Waals surface area contributed by atoms with Gasteiger partial charge in [0, 0.05) is 40.2 Å². The molecule has 0 amide bonds. The van der Waals surface area contributed by atoms with E-state index in [0.717, 1.165) is 47.5 Å². The summed E-state index contributed by atoms with van der Waals surface area (Å²) in [4.78, 5) is 6.26. The van der Waals surface area contributed by atoms with Crippen LogP contribution in [-0.2, 0) is 26.0 Å². The van der Waals surface area contributed by atoms with Crippen LogP contribution in [0.5, 0.6) is 11.5 Å². The summed E-state index contributed by atoms with van der Waals surface area (Å²) >= 11 is 3.49. The minimum absolute atomic E-state index is 0.367. The number of hydrogen-bond donors (Lipinski definition) is 1. The topological polar surface area (TPSA) is 37.5 Å². The molecule has 1 unspecified atom stereocenters. The zero-order valence-electron chi connectivity index (χ0n) is 18.0. The Hall–Kier alpha value is -2.76. The second kappa shape index (κ2) is 7.98. The van der Waals surface area contributed by atoms with E-state index < -0.39 is 0 Å². The molecule has 1 atom stereocenters. The van der Waals surface area contributed by atoms with Crippen molar-refractivity contribution >= 4 is 26.8 Å². The Labute approximate surface area is 196 Å². The molecule has 2 aliphatic heterocycles. The van der Waals surface area contributed by atoms with Gasteiger partial charge in [0.2, 0.25) is 0 Å². The van der Waals surface area contributed by atoms with Gasteiger partial charge in [0.05, 0.1) is 7.11 Å². The summed E-state index contributed by atoms with van der Waals surface area (Å²) in [7, 11) is 1.72. The predicted octanol–water partition coefficient (Wildman–Crippen LogP) is 6.17. The zero-order chi connectivity index (χ0) is 21.7. The van der Waals surface area contributed by atoms with Crippen molar-refractivity contribution in [3.05, 3.63) is 93.1 Å². The second-order valence-electron chi connectivity index (χ2n) is 8.69. The van der Waals surface area contributed by atoms with E-state index in [1.54, 1.807) is 7.11 Å². The number of ether oxygens (including phenoxy) is 2. The average molecular weight is 489 g/mol. The third-order valence-electron chi connectivity index (χ3n) is 6.86. The molecule has 0 bridgehead atoms. The second-order valence-corrected chi connectivity index (χ2v) is 9.60. The molecule has 162 valence electrons. The van der Waals surface area contributed by atoms with Crippen molar-refractivity contribution in [1.82, 2.24) is 9.88 Å². The fourth-order valence-corrected chi connectivity index (χ4v) is 5.49. The zero-order valence-corrected chi connectivity index (χ0v) is 19.6. The lowest BCUT2D eigenvalue weighted by molar-refractivity contribution is 0.158. The first-order valence-corrected chi connectivity index (χ1v) is 11.9. The number of nitrogens with zero attached hydrogens (tertiary/aromatic N) is 1. The van der Waals surface area contributed by atoms with Crippen molar-refractivity contribution in [3.63, 3.8) is 0 Å². The maximum Gasteiger partial charge on any atom is 0.162 e. The van der Waals surface area contributed by atoms with Crippen molar-refractivity contribution in [2.24, 2.45) is 0 Å². The summed E-state index contributed by atoms with van der Waals surface area (Å²) in [6.07, 6.45) is 2.05. The van der Waals surface area contributed by atoms with Crippen LogP contribution >= 0.6 is 15.9 Å². The Kier molecular flexibility index (Phi) is 4.96. The molecular formula is C27H25BrN2O2. The van der Waals surface area contributed by atoms with Gasteiger partial charge in [-0.1, -0.05) is 46.3 Å². The van der Waals surface area contributed by atoms with Crippen molar-refractivity contribution < 1.29 is 9.47 Å². The first-order chi connectivity index (χ1) is 15.7. The molecule has 3 heterocycles. The number of methoxy groups -OCH3 is 1. The highest BCUT2D eigenvalue weighted by Crippen LogP contribution is 2.44. The minimum Gasteiger partial charge on any atom is -0.493 e. The van der Waals surface area contributed by atoms with Gasteiger partial charge in [-0.25, -0.2) is 0 Å². The summed E-state index contributed by atoms with van der Waals surface area (Å²) < 4.78 is 13.0. The van der Waals surface area contributed by atoms with Crippen molar-refractivity contribution in [3.8, 4) is 11.5 Å². The summed E-state index contributed by atoms with van der Waals surface area (Å²) in [5.41, 5.74) is 7.96. The van der Waals surface area contributed by atoms with Crippen LogP contribution in [0.1, 0.15) is 34.0 Å². The number of hydrogen-bond acceptors (Lipinski definition) is 3. The van der Waals surface area contributed by atoms with Crippen LogP contribution in [0.25, 0.3) is 10.9 Å². The maximum atomic E-state index is 6.26. The molecule has 4 nitrogen and oxygen atoms in total. The fourth-order valence-electron chi connectivity index (χ4n) is 5.22. The van der Waals surface area contributed by atoms with Gasteiger partial charge < -0.3 is 14.5 Å². The molecule has 0 fully saturated rings. The molecule has 0 saturated carbocycles. The van der Waals surface area contributed by atoms with Gasteiger partial charge in [0.15, 0.2) is 11.5 Å². The number of aromatic nitrogens is 1. The lowest BCUT2D eigenvalue weighted by Gasteiger charge is -2.40. The van der Waals surface area contributed by atoms with Crippen LogP contribution in [0.3, 0.4) is 0 Å². The average Bonchev–Trinajstić information content (AvgIpc) is 3.19. The molecule has 6 rings (SSSR count). The fraction of sp³-hybridized carbons (Fsp3) is 0.259. The van der Waals surface area contributed by atoms with Gasteiger partial charge in [-0.05, 0) is 65.4 Å². The first-order valence-electron chi connectivity index (χ1n) is 11.1. The van der Waals surface area contributed by atoms with Crippen molar-refractivity contribution in [1.29, 1.82) is 0 Å². The van der Waals surface area contributed by atoms with E-state index in [0.29, 0.717) is 12.6 Å². The molecule has 4 aromatic rings. The van der Waals surface area contributed by atoms with E-state index in [-0.39, 0.29) is 0 Å². The van der Waals surface area contributed by atoms with E-state index in [9.17, 15) is 0 Å². The van der Waals surface area contributed by atoms with Crippen molar-refractivity contribution in [2.45, 2.75) is 32.0 Å². The molecule has 1 N–H and O–H groups in total. The predicted molar refractivity (Wildman–Crippen MR) is 130 cm³/mol. The molecule has 3 aromatic carbocycles. The molecule has 32 heavy (non-hydrogen) atoms. The van der Waals surface area contributed by atoms with Gasteiger partial charge in [0.1, 0.15) is 6.61 Å². The van der Waals surface area contributed by atoms with Crippen molar-refractivity contribution in [2.75, 3.05) is 13.7 Å².